The van der Waals surface area contributed by atoms with Crippen molar-refractivity contribution in [2.75, 3.05) is 13.1 Å². The molecule has 4 heterocycles. The highest BCUT2D eigenvalue weighted by molar-refractivity contribution is 5.80. The Morgan fingerprint density at radius 2 is 1.94 bits per heavy atom. The molecule has 7 heteroatoms. The summed E-state index contributed by atoms with van der Waals surface area (Å²) in [5.74, 6) is 0.419. The summed E-state index contributed by atoms with van der Waals surface area (Å²) >= 11 is 0. The fourth-order valence-corrected chi connectivity index (χ4v) is 5.23. The van der Waals surface area contributed by atoms with Crippen LogP contribution in [0.4, 0.5) is 0 Å². The van der Waals surface area contributed by atoms with Gasteiger partial charge in [-0.3, -0.25) is 4.90 Å². The standard InChI is InChI=1S/C28H28N7/c1-20-17-34(32-30-20)25-12-6-10-23(16-25)27-21(2)31-35-26(13-14-29-28(27)35)24-11-7-15-33(19-24)18-22-8-4-3-5-9-22/h3-6,8-10,12-14,16-17,24H,1,7,11,15,18-19H2,2H3. The van der Waals surface area contributed by atoms with Crippen LogP contribution >= 0.6 is 0 Å². The minimum Gasteiger partial charge on any atom is -0.298 e. The Labute approximate surface area is 205 Å². The number of hydrogen-bond donors (Lipinski definition) is 0. The average Bonchev–Trinajstić information content (AvgIpc) is 3.47. The Morgan fingerprint density at radius 1 is 1.06 bits per heavy atom. The lowest BCUT2D eigenvalue weighted by molar-refractivity contribution is 0.197. The molecule has 5 aromatic rings. The molecule has 1 atom stereocenters. The Morgan fingerprint density at radius 3 is 2.77 bits per heavy atom. The minimum atomic E-state index is 0.419. The molecule has 7 nitrogen and oxygen atoms in total. The third kappa shape index (κ3) is 4.23. The Hall–Kier alpha value is -3.84. The molecular formula is C28H28N7. The molecule has 3 aromatic heterocycles. The third-order valence-electron chi connectivity index (χ3n) is 6.84. The van der Waals surface area contributed by atoms with Crippen LogP contribution in [-0.2, 0) is 6.54 Å². The van der Waals surface area contributed by atoms with Gasteiger partial charge in [-0.1, -0.05) is 47.7 Å². The van der Waals surface area contributed by atoms with Crippen LogP contribution in [0.1, 0.15) is 41.4 Å². The first-order valence-corrected chi connectivity index (χ1v) is 12.1. The second-order valence-corrected chi connectivity index (χ2v) is 9.33. The van der Waals surface area contributed by atoms with E-state index >= 15 is 0 Å². The summed E-state index contributed by atoms with van der Waals surface area (Å²) in [5, 5.41) is 13.2. The molecule has 0 amide bonds. The van der Waals surface area contributed by atoms with Gasteiger partial charge in [0.2, 0.25) is 0 Å². The normalized spacial score (nSPS) is 16.7. The number of aryl methyl sites for hydroxylation is 1. The summed E-state index contributed by atoms with van der Waals surface area (Å²) in [4.78, 5) is 7.33. The average molecular weight is 463 g/mol. The second kappa shape index (κ2) is 9.07. The molecular weight excluding hydrogens is 434 g/mol. The molecule has 1 unspecified atom stereocenters. The van der Waals surface area contributed by atoms with Gasteiger partial charge in [-0.25, -0.2) is 14.2 Å². The highest BCUT2D eigenvalue weighted by atomic mass is 15.4. The summed E-state index contributed by atoms with van der Waals surface area (Å²) in [7, 11) is 0. The molecule has 1 saturated heterocycles. The van der Waals surface area contributed by atoms with Crippen molar-refractivity contribution in [2.45, 2.75) is 32.2 Å². The van der Waals surface area contributed by atoms with Crippen LogP contribution in [0.15, 0.2) is 73.1 Å². The molecule has 0 N–H and O–H groups in total. The third-order valence-corrected chi connectivity index (χ3v) is 6.84. The topological polar surface area (TPSA) is 64.1 Å². The van der Waals surface area contributed by atoms with Crippen LogP contribution < -0.4 is 0 Å². The van der Waals surface area contributed by atoms with E-state index in [0.29, 0.717) is 11.6 Å². The fourth-order valence-electron chi connectivity index (χ4n) is 5.23. The van der Waals surface area contributed by atoms with Crippen molar-refractivity contribution in [3.8, 4) is 16.8 Å². The molecule has 0 bridgehead atoms. The van der Waals surface area contributed by atoms with Crippen molar-refractivity contribution in [3.05, 3.63) is 103 Å². The van der Waals surface area contributed by atoms with Crippen molar-refractivity contribution in [3.63, 3.8) is 0 Å². The van der Waals surface area contributed by atoms with Gasteiger partial charge in [-0.05, 0) is 62.6 Å². The van der Waals surface area contributed by atoms with E-state index in [2.05, 4.69) is 82.1 Å². The Balaban J connectivity index is 1.34. The van der Waals surface area contributed by atoms with Gasteiger partial charge in [0.25, 0.3) is 0 Å². The lowest BCUT2D eigenvalue weighted by atomic mass is 9.94. The number of benzene rings is 2. The quantitative estimate of drug-likeness (QED) is 0.374. The van der Waals surface area contributed by atoms with Crippen LogP contribution in [-0.4, -0.2) is 47.6 Å². The highest BCUT2D eigenvalue weighted by Crippen LogP contribution is 2.33. The smallest absolute Gasteiger partial charge is 0.163 e. The van der Waals surface area contributed by atoms with Crippen LogP contribution in [0.2, 0.25) is 0 Å². The maximum absolute atomic E-state index is 4.97. The van der Waals surface area contributed by atoms with Gasteiger partial charge in [-0.15, -0.1) is 5.10 Å². The maximum atomic E-state index is 4.97. The minimum absolute atomic E-state index is 0.419. The summed E-state index contributed by atoms with van der Waals surface area (Å²) in [6.07, 6.45) is 6.10. The van der Waals surface area contributed by atoms with Crippen LogP contribution in [0.5, 0.6) is 0 Å². The van der Waals surface area contributed by atoms with Crippen LogP contribution in [0.3, 0.4) is 0 Å². The summed E-state index contributed by atoms with van der Waals surface area (Å²) in [6, 6.07) is 21.1. The van der Waals surface area contributed by atoms with E-state index in [0.717, 1.165) is 54.2 Å². The van der Waals surface area contributed by atoms with Crippen LogP contribution in [0, 0.1) is 13.8 Å². The van der Waals surface area contributed by atoms with Gasteiger partial charge in [0.15, 0.2) is 5.65 Å². The van der Waals surface area contributed by atoms with E-state index in [9.17, 15) is 0 Å². The molecule has 6 rings (SSSR count). The number of nitrogens with zero attached hydrogens (tertiary/aromatic N) is 7. The number of hydrogen-bond acceptors (Lipinski definition) is 5. The van der Waals surface area contributed by atoms with Crippen molar-refractivity contribution < 1.29 is 0 Å². The zero-order valence-electron chi connectivity index (χ0n) is 19.9. The van der Waals surface area contributed by atoms with Crippen LogP contribution in [0.25, 0.3) is 22.5 Å². The predicted molar refractivity (Wildman–Crippen MR) is 136 cm³/mol. The molecule has 0 saturated carbocycles. The van der Waals surface area contributed by atoms with Gasteiger partial charge in [0.1, 0.15) is 0 Å². The molecule has 0 spiro atoms. The number of piperidine rings is 1. The van der Waals surface area contributed by atoms with E-state index in [-0.39, 0.29) is 0 Å². The van der Waals surface area contributed by atoms with Gasteiger partial charge < -0.3 is 0 Å². The van der Waals surface area contributed by atoms with E-state index in [1.807, 2.05) is 24.5 Å². The van der Waals surface area contributed by atoms with Gasteiger partial charge in [0, 0.05) is 30.8 Å². The molecule has 35 heavy (non-hydrogen) atoms. The molecule has 175 valence electrons. The van der Waals surface area contributed by atoms with Crippen molar-refractivity contribution in [2.24, 2.45) is 0 Å². The number of fused-ring (bicyclic) bond motifs is 1. The zero-order valence-corrected chi connectivity index (χ0v) is 19.9. The second-order valence-electron chi connectivity index (χ2n) is 9.33. The molecule has 1 fully saturated rings. The first-order valence-electron chi connectivity index (χ1n) is 12.1. The van der Waals surface area contributed by atoms with Gasteiger partial charge in [0.05, 0.1) is 29.0 Å². The van der Waals surface area contributed by atoms with E-state index in [1.165, 1.54) is 17.7 Å². The lowest BCUT2D eigenvalue weighted by Crippen LogP contribution is -2.34. The van der Waals surface area contributed by atoms with E-state index in [4.69, 9.17) is 10.1 Å². The van der Waals surface area contributed by atoms with Crippen molar-refractivity contribution in [1.29, 1.82) is 0 Å². The molecule has 1 radical (unpaired) electrons. The van der Waals surface area contributed by atoms with E-state index in [1.54, 1.807) is 4.68 Å². The largest absolute Gasteiger partial charge is 0.298 e. The molecule has 0 aliphatic carbocycles. The van der Waals surface area contributed by atoms with Gasteiger partial charge >= 0.3 is 0 Å². The molecule has 1 aliphatic rings. The fraction of sp³-hybridized carbons (Fsp3) is 0.250. The SMILES string of the molecule is [CH2]c1cn(-c2cccc(-c3c(C)nn4c(C5CCCN(Cc6ccccc6)C5)ccnc34)c2)nn1. The predicted octanol–water partition coefficient (Wildman–Crippen LogP) is 4.85. The van der Waals surface area contributed by atoms with Crippen molar-refractivity contribution >= 4 is 5.65 Å². The number of aromatic nitrogens is 6. The summed E-state index contributed by atoms with van der Waals surface area (Å²) in [5.41, 5.74) is 8.16. The number of likely N-dealkylation sites (tertiary alicyclic amines) is 1. The van der Waals surface area contributed by atoms with Gasteiger partial charge in [-0.2, -0.15) is 5.10 Å². The molecule has 1 aliphatic heterocycles. The maximum Gasteiger partial charge on any atom is 0.163 e. The zero-order chi connectivity index (χ0) is 23.8. The molecule has 2 aromatic carbocycles. The first kappa shape index (κ1) is 21.7. The summed E-state index contributed by atoms with van der Waals surface area (Å²) in [6.45, 7) is 9.06. The lowest BCUT2D eigenvalue weighted by Gasteiger charge is -2.33. The van der Waals surface area contributed by atoms with Crippen molar-refractivity contribution in [1.82, 2.24) is 34.5 Å². The Bertz CT molecular complexity index is 1470. The monoisotopic (exact) mass is 462 g/mol. The Kier molecular flexibility index (Phi) is 5.62. The number of rotatable bonds is 5. The highest BCUT2D eigenvalue weighted by Gasteiger charge is 2.25. The first-order chi connectivity index (χ1) is 17.2. The van der Waals surface area contributed by atoms with E-state index < -0.39 is 0 Å². The summed E-state index contributed by atoms with van der Waals surface area (Å²) < 4.78 is 3.81.